The zero-order valence-electron chi connectivity index (χ0n) is 10.9. The predicted molar refractivity (Wildman–Crippen MR) is 75.8 cm³/mol. The van der Waals surface area contributed by atoms with Crippen molar-refractivity contribution in [3.63, 3.8) is 0 Å². The third-order valence-electron chi connectivity index (χ3n) is 4.58. The van der Waals surface area contributed by atoms with E-state index in [4.69, 9.17) is 16.4 Å². The van der Waals surface area contributed by atoms with Crippen molar-refractivity contribution >= 4 is 11.6 Å². The average Bonchev–Trinajstić information content (AvgIpc) is 3.12. The Kier molecular flexibility index (Phi) is 2.82. The van der Waals surface area contributed by atoms with Gasteiger partial charge in [0.05, 0.1) is 12.6 Å². The van der Waals surface area contributed by atoms with Crippen LogP contribution < -0.4 is 0 Å². The molecule has 0 amide bonds. The molecule has 1 aromatic rings. The predicted octanol–water partition coefficient (Wildman–Crippen LogP) is 4.13. The second-order valence-electron chi connectivity index (χ2n) is 5.87. The van der Waals surface area contributed by atoms with E-state index in [1.165, 1.54) is 37.0 Å². The molecule has 2 nitrogen and oxygen atoms in total. The first-order valence-corrected chi connectivity index (χ1v) is 7.59. The molecule has 2 atom stereocenters. The highest BCUT2D eigenvalue weighted by molar-refractivity contribution is 6.30. The molecule has 0 saturated heterocycles. The van der Waals surface area contributed by atoms with Crippen LogP contribution in [0.15, 0.2) is 36.1 Å². The molecule has 0 N–H and O–H groups in total. The Hall–Kier alpha value is -0.990. The topological polar surface area (TPSA) is 12.5 Å². The molecular weight excluding hydrogens is 258 g/mol. The van der Waals surface area contributed by atoms with Crippen LogP contribution >= 0.6 is 11.6 Å². The fourth-order valence-electron chi connectivity index (χ4n) is 3.13. The maximum Gasteiger partial charge on any atom is 0.125 e. The summed E-state index contributed by atoms with van der Waals surface area (Å²) in [6.45, 7) is 0.959. The van der Waals surface area contributed by atoms with Crippen LogP contribution in [0.4, 0.5) is 0 Å². The van der Waals surface area contributed by atoms with Crippen molar-refractivity contribution in [3.8, 4) is 0 Å². The number of hydroxylamine groups is 2. The molecule has 1 heterocycles. The van der Waals surface area contributed by atoms with Gasteiger partial charge in [0.2, 0.25) is 0 Å². The van der Waals surface area contributed by atoms with Crippen LogP contribution in [-0.4, -0.2) is 17.6 Å². The molecule has 2 fully saturated rings. The summed E-state index contributed by atoms with van der Waals surface area (Å²) in [5.41, 5.74) is 1.39. The molecule has 100 valence electrons. The van der Waals surface area contributed by atoms with E-state index in [1.54, 1.807) is 0 Å². The number of hydrogen-bond donors (Lipinski definition) is 0. The Morgan fingerprint density at radius 2 is 1.84 bits per heavy atom. The number of nitrogens with zero attached hydrogens (tertiary/aromatic N) is 1. The first-order chi connectivity index (χ1) is 9.31. The summed E-state index contributed by atoms with van der Waals surface area (Å²) in [4.78, 5) is 6.03. The lowest BCUT2D eigenvalue weighted by Gasteiger charge is -2.41. The minimum atomic E-state index is 0.536. The molecule has 19 heavy (non-hydrogen) atoms. The second kappa shape index (κ2) is 4.53. The summed E-state index contributed by atoms with van der Waals surface area (Å²) in [6, 6.07) is 8.83. The molecular formula is C16H18ClNO. The number of allylic oxidation sites excluding steroid dienone is 1. The van der Waals surface area contributed by atoms with Gasteiger partial charge in [-0.15, -0.1) is 5.06 Å². The highest BCUT2D eigenvalue weighted by atomic mass is 35.5. The minimum absolute atomic E-state index is 0.536. The second-order valence-corrected chi connectivity index (χ2v) is 6.31. The summed E-state index contributed by atoms with van der Waals surface area (Å²) in [5, 5.41) is 3.01. The molecule has 0 aromatic heterocycles. The van der Waals surface area contributed by atoms with Gasteiger partial charge in [-0.3, -0.25) is 0 Å². The van der Waals surface area contributed by atoms with Crippen molar-refractivity contribution in [3.05, 3.63) is 46.7 Å². The molecule has 0 spiro atoms. The Bertz CT molecular complexity index is 506. The monoisotopic (exact) mass is 275 g/mol. The highest BCUT2D eigenvalue weighted by Gasteiger charge is 2.41. The van der Waals surface area contributed by atoms with E-state index < -0.39 is 0 Å². The Labute approximate surface area is 119 Å². The third kappa shape index (κ3) is 2.17. The third-order valence-corrected chi connectivity index (χ3v) is 4.83. The van der Waals surface area contributed by atoms with E-state index >= 15 is 0 Å². The SMILES string of the molecule is Clc1ccc([C@@H]2CC[C@@H]2N2CC=C(C3CC3)O2)cc1. The molecule has 0 radical (unpaired) electrons. The zero-order valence-corrected chi connectivity index (χ0v) is 11.6. The minimum Gasteiger partial charge on any atom is -0.410 e. The number of benzene rings is 1. The maximum absolute atomic E-state index is 6.03. The number of halogens is 1. The van der Waals surface area contributed by atoms with Crippen LogP contribution in [0.1, 0.15) is 37.2 Å². The van der Waals surface area contributed by atoms with Crippen LogP contribution in [-0.2, 0) is 4.84 Å². The quantitative estimate of drug-likeness (QED) is 0.822. The van der Waals surface area contributed by atoms with Gasteiger partial charge in [-0.05, 0) is 49.5 Å². The van der Waals surface area contributed by atoms with E-state index in [0.717, 1.165) is 17.5 Å². The summed E-state index contributed by atoms with van der Waals surface area (Å²) in [7, 11) is 0. The fourth-order valence-corrected chi connectivity index (χ4v) is 3.25. The molecule has 2 aliphatic carbocycles. The summed E-state index contributed by atoms with van der Waals surface area (Å²) >= 11 is 5.96. The lowest BCUT2D eigenvalue weighted by atomic mass is 9.75. The van der Waals surface area contributed by atoms with E-state index in [2.05, 4.69) is 23.3 Å². The molecule has 2 saturated carbocycles. The summed E-state index contributed by atoms with van der Waals surface area (Å²) < 4.78 is 0. The normalized spacial score (nSPS) is 30.7. The van der Waals surface area contributed by atoms with Gasteiger partial charge in [0.1, 0.15) is 5.76 Å². The molecule has 0 bridgehead atoms. The lowest BCUT2D eigenvalue weighted by Crippen LogP contribution is -2.44. The van der Waals surface area contributed by atoms with Crippen LogP contribution in [0.25, 0.3) is 0 Å². The Balaban J connectivity index is 1.44. The van der Waals surface area contributed by atoms with E-state index in [1.807, 2.05) is 12.1 Å². The standard InChI is InChI=1S/C16H18ClNO/c17-13-5-3-11(4-6-13)14-7-8-15(14)18-10-9-16(19-18)12-1-2-12/h3-6,9,12,14-15H,1-2,7-8,10H2/t14-,15-/m0/s1. The van der Waals surface area contributed by atoms with Gasteiger partial charge in [0, 0.05) is 16.9 Å². The highest BCUT2D eigenvalue weighted by Crippen LogP contribution is 2.45. The summed E-state index contributed by atoms with van der Waals surface area (Å²) in [6.07, 6.45) is 7.38. The van der Waals surface area contributed by atoms with Crippen LogP contribution in [0.2, 0.25) is 5.02 Å². The Morgan fingerprint density at radius 1 is 1.05 bits per heavy atom. The molecule has 4 rings (SSSR count). The van der Waals surface area contributed by atoms with Crippen molar-refractivity contribution < 1.29 is 4.84 Å². The van der Waals surface area contributed by atoms with Gasteiger partial charge in [-0.2, -0.15) is 0 Å². The zero-order chi connectivity index (χ0) is 12.8. The molecule has 1 aliphatic heterocycles. The largest absolute Gasteiger partial charge is 0.410 e. The average molecular weight is 276 g/mol. The first-order valence-electron chi connectivity index (χ1n) is 7.21. The van der Waals surface area contributed by atoms with Crippen LogP contribution in [0.5, 0.6) is 0 Å². The number of hydrogen-bond acceptors (Lipinski definition) is 2. The van der Waals surface area contributed by atoms with Crippen molar-refractivity contribution in [2.24, 2.45) is 5.92 Å². The van der Waals surface area contributed by atoms with Crippen molar-refractivity contribution in [1.29, 1.82) is 0 Å². The van der Waals surface area contributed by atoms with Crippen LogP contribution in [0.3, 0.4) is 0 Å². The number of rotatable bonds is 3. The van der Waals surface area contributed by atoms with Gasteiger partial charge in [-0.25, -0.2) is 0 Å². The van der Waals surface area contributed by atoms with Gasteiger partial charge in [-0.1, -0.05) is 23.7 Å². The van der Waals surface area contributed by atoms with Gasteiger partial charge in [0.15, 0.2) is 0 Å². The molecule has 3 aliphatic rings. The van der Waals surface area contributed by atoms with Crippen molar-refractivity contribution in [1.82, 2.24) is 5.06 Å². The Morgan fingerprint density at radius 3 is 2.47 bits per heavy atom. The van der Waals surface area contributed by atoms with E-state index in [0.29, 0.717) is 12.0 Å². The smallest absolute Gasteiger partial charge is 0.125 e. The van der Waals surface area contributed by atoms with Crippen molar-refractivity contribution in [2.45, 2.75) is 37.6 Å². The van der Waals surface area contributed by atoms with Crippen molar-refractivity contribution in [2.75, 3.05) is 6.54 Å². The molecule has 0 unspecified atom stereocenters. The van der Waals surface area contributed by atoms with Gasteiger partial charge < -0.3 is 4.84 Å². The molecule has 3 heteroatoms. The fraction of sp³-hybridized carbons (Fsp3) is 0.500. The first kappa shape index (κ1) is 11.8. The van der Waals surface area contributed by atoms with Gasteiger partial charge in [0.25, 0.3) is 0 Å². The lowest BCUT2D eigenvalue weighted by molar-refractivity contribution is -0.154. The summed E-state index contributed by atoms with van der Waals surface area (Å²) in [5.74, 6) is 2.55. The molecule has 1 aromatic carbocycles. The van der Waals surface area contributed by atoms with Gasteiger partial charge >= 0.3 is 0 Å². The maximum atomic E-state index is 6.03. The van der Waals surface area contributed by atoms with Crippen LogP contribution in [0, 0.1) is 5.92 Å². The van der Waals surface area contributed by atoms with E-state index in [9.17, 15) is 0 Å². The van der Waals surface area contributed by atoms with E-state index in [-0.39, 0.29) is 0 Å².